The van der Waals surface area contributed by atoms with Crippen molar-refractivity contribution in [1.29, 1.82) is 0 Å². The van der Waals surface area contributed by atoms with Crippen LogP contribution in [0.15, 0.2) is 47.7 Å². The second kappa shape index (κ2) is 5.38. The molecule has 0 bridgehead atoms. The molecule has 2 heterocycles. The molecule has 0 saturated carbocycles. The first-order valence-electron chi connectivity index (χ1n) is 6.62. The molecule has 0 atom stereocenters. The van der Waals surface area contributed by atoms with Gasteiger partial charge in [0.25, 0.3) is 5.91 Å². The number of hydrazone groups is 1. The number of carbonyl (C=O) groups excluding carboxylic acids is 1. The summed E-state index contributed by atoms with van der Waals surface area (Å²) in [7, 11) is 1.61. The molecular formula is C15H11F3N4O. The molecule has 23 heavy (non-hydrogen) atoms. The maximum atomic E-state index is 12.6. The highest BCUT2D eigenvalue weighted by molar-refractivity contribution is 6.49. The Bertz CT molecular complexity index is 784. The zero-order chi connectivity index (χ0) is 16.6. The molecule has 1 N–H and O–H groups in total. The number of anilines is 2. The minimum atomic E-state index is -4.43. The normalized spacial score (nSPS) is 14.7. The lowest BCUT2D eigenvalue weighted by molar-refractivity contribution is -0.137. The zero-order valence-corrected chi connectivity index (χ0v) is 11.9. The Balaban J connectivity index is 1.99. The quantitative estimate of drug-likeness (QED) is 0.879. The monoisotopic (exact) mass is 320 g/mol. The molecule has 0 spiro atoms. The van der Waals surface area contributed by atoms with Crippen molar-refractivity contribution in [2.24, 2.45) is 5.10 Å². The first-order valence-corrected chi connectivity index (χ1v) is 6.62. The van der Waals surface area contributed by atoms with Gasteiger partial charge in [-0.3, -0.25) is 4.79 Å². The summed E-state index contributed by atoms with van der Waals surface area (Å²) < 4.78 is 37.9. The number of hydrogen-bond acceptors (Lipinski definition) is 4. The van der Waals surface area contributed by atoms with Crippen LogP contribution >= 0.6 is 0 Å². The Labute approximate surface area is 129 Å². The van der Waals surface area contributed by atoms with Gasteiger partial charge in [0.2, 0.25) is 0 Å². The summed E-state index contributed by atoms with van der Waals surface area (Å²) in [5, 5.41) is 8.21. The van der Waals surface area contributed by atoms with Gasteiger partial charge in [-0.05, 0) is 24.3 Å². The highest BCUT2D eigenvalue weighted by atomic mass is 19.4. The second-order valence-corrected chi connectivity index (χ2v) is 4.88. The smallest absolute Gasteiger partial charge is 0.317 e. The van der Waals surface area contributed by atoms with E-state index in [9.17, 15) is 18.0 Å². The van der Waals surface area contributed by atoms with E-state index in [0.29, 0.717) is 11.5 Å². The van der Waals surface area contributed by atoms with Gasteiger partial charge in [-0.15, -0.1) is 0 Å². The summed E-state index contributed by atoms with van der Waals surface area (Å²) in [5.74, 6) is -0.0638. The number of fused-ring (bicyclic) bond motifs is 1. The minimum Gasteiger partial charge on any atom is -0.317 e. The molecule has 0 aliphatic carbocycles. The van der Waals surface area contributed by atoms with E-state index in [2.05, 4.69) is 15.4 Å². The van der Waals surface area contributed by atoms with E-state index in [4.69, 9.17) is 0 Å². The molecule has 1 aliphatic heterocycles. The number of pyridine rings is 1. The Morgan fingerprint density at radius 3 is 2.48 bits per heavy atom. The van der Waals surface area contributed by atoms with E-state index in [1.165, 1.54) is 17.1 Å². The van der Waals surface area contributed by atoms with Crippen LogP contribution in [0.3, 0.4) is 0 Å². The molecule has 8 heteroatoms. The fraction of sp³-hybridized carbons (Fsp3) is 0.133. The average molecular weight is 320 g/mol. The van der Waals surface area contributed by atoms with Gasteiger partial charge >= 0.3 is 6.18 Å². The molecule has 0 saturated heterocycles. The SMILES string of the molecule is CN1N=C(c2ccc(C(F)(F)F)cc2)C(=O)Nc2cccnc21. The van der Waals surface area contributed by atoms with Gasteiger partial charge in [0.05, 0.1) is 11.3 Å². The highest BCUT2D eigenvalue weighted by Gasteiger charge is 2.30. The lowest BCUT2D eigenvalue weighted by Crippen LogP contribution is -2.23. The lowest BCUT2D eigenvalue weighted by atomic mass is 10.1. The number of amides is 1. The number of rotatable bonds is 1. The third-order valence-electron chi connectivity index (χ3n) is 3.29. The summed E-state index contributed by atoms with van der Waals surface area (Å²) >= 11 is 0. The summed E-state index contributed by atoms with van der Waals surface area (Å²) in [4.78, 5) is 16.4. The van der Waals surface area contributed by atoms with Crippen LogP contribution in [0.5, 0.6) is 0 Å². The van der Waals surface area contributed by atoms with Gasteiger partial charge < -0.3 is 5.32 Å². The molecule has 1 amide bonds. The number of benzene rings is 1. The summed E-state index contributed by atoms with van der Waals surface area (Å²) in [6, 6.07) is 7.61. The molecular weight excluding hydrogens is 309 g/mol. The fourth-order valence-electron chi connectivity index (χ4n) is 2.18. The van der Waals surface area contributed by atoms with Crippen molar-refractivity contribution in [3.63, 3.8) is 0 Å². The number of nitrogens with zero attached hydrogens (tertiary/aromatic N) is 3. The van der Waals surface area contributed by atoms with E-state index in [0.717, 1.165) is 12.1 Å². The van der Waals surface area contributed by atoms with Crippen molar-refractivity contribution in [1.82, 2.24) is 4.98 Å². The number of hydrogen-bond donors (Lipinski definition) is 1. The van der Waals surface area contributed by atoms with Crippen LogP contribution < -0.4 is 10.3 Å². The number of halogens is 3. The van der Waals surface area contributed by atoms with E-state index < -0.39 is 17.6 Å². The van der Waals surface area contributed by atoms with Crippen molar-refractivity contribution < 1.29 is 18.0 Å². The number of alkyl halides is 3. The Morgan fingerprint density at radius 1 is 1.13 bits per heavy atom. The van der Waals surface area contributed by atoms with Crippen molar-refractivity contribution >= 4 is 23.1 Å². The number of nitrogens with one attached hydrogen (secondary N) is 1. The van der Waals surface area contributed by atoms with Gasteiger partial charge in [0, 0.05) is 18.8 Å². The van der Waals surface area contributed by atoms with E-state index in [-0.39, 0.29) is 11.3 Å². The van der Waals surface area contributed by atoms with Crippen LogP contribution in [0.2, 0.25) is 0 Å². The molecule has 0 fully saturated rings. The van der Waals surface area contributed by atoms with Crippen LogP contribution in [-0.4, -0.2) is 23.7 Å². The van der Waals surface area contributed by atoms with Crippen LogP contribution in [0, 0.1) is 0 Å². The van der Waals surface area contributed by atoms with Gasteiger partial charge in [0.1, 0.15) is 0 Å². The van der Waals surface area contributed by atoms with Crippen LogP contribution in [0.4, 0.5) is 24.7 Å². The highest BCUT2D eigenvalue weighted by Crippen LogP contribution is 2.30. The summed E-state index contributed by atoms with van der Waals surface area (Å²) in [6.45, 7) is 0. The second-order valence-electron chi connectivity index (χ2n) is 4.88. The maximum absolute atomic E-state index is 12.6. The van der Waals surface area contributed by atoms with Crippen molar-refractivity contribution in [2.75, 3.05) is 17.4 Å². The molecule has 0 radical (unpaired) electrons. The van der Waals surface area contributed by atoms with Crippen LogP contribution in [0.25, 0.3) is 0 Å². The van der Waals surface area contributed by atoms with E-state index >= 15 is 0 Å². The number of aromatic nitrogens is 1. The van der Waals surface area contributed by atoms with Crippen molar-refractivity contribution in [2.45, 2.75) is 6.18 Å². The van der Waals surface area contributed by atoms with Gasteiger partial charge in [-0.1, -0.05) is 12.1 Å². The Morgan fingerprint density at radius 2 is 1.83 bits per heavy atom. The van der Waals surface area contributed by atoms with Gasteiger partial charge in [0.15, 0.2) is 11.5 Å². The fourth-order valence-corrected chi connectivity index (χ4v) is 2.18. The molecule has 5 nitrogen and oxygen atoms in total. The lowest BCUT2D eigenvalue weighted by Gasteiger charge is -2.12. The largest absolute Gasteiger partial charge is 0.416 e. The molecule has 1 aromatic carbocycles. The molecule has 3 rings (SSSR count). The average Bonchev–Trinajstić information content (AvgIpc) is 2.64. The Hall–Kier alpha value is -2.90. The molecule has 118 valence electrons. The maximum Gasteiger partial charge on any atom is 0.416 e. The number of carbonyl (C=O) groups is 1. The first-order chi connectivity index (χ1) is 10.9. The topological polar surface area (TPSA) is 57.6 Å². The van der Waals surface area contributed by atoms with Gasteiger partial charge in [-0.25, -0.2) is 9.99 Å². The van der Waals surface area contributed by atoms with Crippen LogP contribution in [-0.2, 0) is 11.0 Å². The van der Waals surface area contributed by atoms with E-state index in [1.807, 2.05) is 0 Å². The van der Waals surface area contributed by atoms with Crippen molar-refractivity contribution in [3.8, 4) is 0 Å². The molecule has 0 unspecified atom stereocenters. The van der Waals surface area contributed by atoms with Crippen molar-refractivity contribution in [3.05, 3.63) is 53.7 Å². The standard InChI is InChI=1S/C15H11F3N4O/c1-22-13-11(3-2-8-19-13)20-14(23)12(21-22)9-4-6-10(7-5-9)15(16,17)18/h2-8H,1H3,(H,20,23). The van der Waals surface area contributed by atoms with E-state index in [1.54, 1.807) is 25.4 Å². The third-order valence-corrected chi connectivity index (χ3v) is 3.29. The van der Waals surface area contributed by atoms with Crippen LogP contribution in [0.1, 0.15) is 11.1 Å². The van der Waals surface area contributed by atoms with Gasteiger partial charge in [-0.2, -0.15) is 18.3 Å². The minimum absolute atomic E-state index is 0.0132. The molecule has 1 aromatic heterocycles. The predicted molar refractivity (Wildman–Crippen MR) is 79.3 cm³/mol. The third kappa shape index (κ3) is 2.87. The summed E-state index contributed by atoms with van der Waals surface area (Å²) in [6.07, 6.45) is -2.87. The first kappa shape index (κ1) is 15.0. The molecule has 2 aromatic rings. The zero-order valence-electron chi connectivity index (χ0n) is 11.9. The Kier molecular flexibility index (Phi) is 3.51. The summed E-state index contributed by atoms with van der Waals surface area (Å²) in [5.41, 5.74) is -0.00534. The predicted octanol–water partition coefficient (Wildman–Crippen LogP) is 2.89. The molecule has 1 aliphatic rings.